The minimum absolute atomic E-state index is 0.00799. The maximum absolute atomic E-state index is 12.2. The Morgan fingerprint density at radius 1 is 1.25 bits per heavy atom. The highest BCUT2D eigenvalue weighted by Crippen LogP contribution is 2.33. The van der Waals surface area contributed by atoms with Gasteiger partial charge in [0, 0.05) is 31.6 Å². The van der Waals surface area contributed by atoms with E-state index in [9.17, 15) is 13.2 Å². The van der Waals surface area contributed by atoms with Crippen LogP contribution in [0.5, 0.6) is 0 Å². The van der Waals surface area contributed by atoms with Gasteiger partial charge in [0.1, 0.15) is 5.82 Å². The molecular weight excluding hydrogens is 287 g/mol. The van der Waals surface area contributed by atoms with Gasteiger partial charge < -0.3 is 9.80 Å². The third kappa shape index (κ3) is 4.86. The van der Waals surface area contributed by atoms with Crippen LogP contribution in [0.2, 0.25) is 0 Å². The molecule has 1 aromatic heterocycles. The summed E-state index contributed by atoms with van der Waals surface area (Å²) in [6.07, 6.45) is 2.63. The number of nitrogens with zero attached hydrogens (tertiary/aromatic N) is 3. The Balaban J connectivity index is 2.01. The van der Waals surface area contributed by atoms with Gasteiger partial charge in [-0.25, -0.2) is 4.98 Å². The van der Waals surface area contributed by atoms with Gasteiger partial charge in [-0.2, -0.15) is 13.2 Å². The number of likely N-dealkylation sites (N-methyl/N-ethyl adjacent to an activating group) is 1. The average molecular weight is 305 g/mol. The van der Waals surface area contributed by atoms with Crippen molar-refractivity contribution in [2.24, 2.45) is 0 Å². The van der Waals surface area contributed by atoms with Crippen molar-refractivity contribution in [3.63, 3.8) is 0 Å². The van der Waals surface area contributed by atoms with Gasteiger partial charge in [0.2, 0.25) is 0 Å². The van der Waals surface area contributed by atoms with Crippen molar-refractivity contribution in [2.75, 3.05) is 38.1 Å². The summed E-state index contributed by atoms with van der Waals surface area (Å²) in [6.45, 7) is 3.75. The molecule has 0 aromatic carbocycles. The van der Waals surface area contributed by atoms with Gasteiger partial charge in [0.15, 0.2) is 0 Å². The zero-order valence-corrected chi connectivity index (χ0v) is 12.2. The third-order valence-corrected chi connectivity index (χ3v) is 4.06. The second kappa shape index (κ2) is 6.67. The molecule has 0 atom stereocenters. The van der Waals surface area contributed by atoms with Gasteiger partial charge in [-0.15, -0.1) is 0 Å². The Kier molecular flexibility index (Phi) is 5.15. The van der Waals surface area contributed by atoms with Gasteiger partial charge in [-0.1, -0.05) is 0 Å². The summed E-state index contributed by atoms with van der Waals surface area (Å²) < 4.78 is 36.7. The summed E-state index contributed by atoms with van der Waals surface area (Å²) in [5.74, 6) is 0.716. The molecule has 0 N–H and O–H groups in total. The lowest BCUT2D eigenvalue weighted by Gasteiger charge is -2.22. The van der Waals surface area contributed by atoms with Gasteiger partial charge in [-0.3, -0.25) is 0 Å². The van der Waals surface area contributed by atoms with Gasteiger partial charge in [0.25, 0.3) is 0 Å². The fourth-order valence-corrected chi connectivity index (χ4v) is 2.67. The molecule has 0 saturated carbocycles. The quantitative estimate of drug-likeness (QED) is 0.855. The summed E-state index contributed by atoms with van der Waals surface area (Å²) in [4.78, 5) is 8.69. The highest BCUT2D eigenvalue weighted by atomic mass is 32.2. The van der Waals surface area contributed by atoms with E-state index in [1.807, 2.05) is 0 Å². The van der Waals surface area contributed by atoms with E-state index in [1.165, 1.54) is 0 Å². The number of rotatable bonds is 3. The molecule has 2 rings (SSSR count). The van der Waals surface area contributed by atoms with E-state index in [1.54, 1.807) is 18.3 Å². The van der Waals surface area contributed by atoms with E-state index >= 15 is 0 Å². The third-order valence-electron chi connectivity index (χ3n) is 3.26. The topological polar surface area (TPSA) is 19.4 Å². The molecule has 0 amide bonds. The Labute approximate surface area is 121 Å². The molecule has 0 radical (unpaired) electrons. The molecule has 1 aromatic rings. The van der Waals surface area contributed by atoms with E-state index in [2.05, 4.69) is 21.8 Å². The molecule has 0 spiro atoms. The molecule has 1 fully saturated rings. The van der Waals surface area contributed by atoms with E-state index in [0.717, 1.165) is 38.4 Å². The first-order valence-corrected chi connectivity index (χ1v) is 7.52. The molecule has 0 aliphatic carbocycles. The molecule has 1 aliphatic heterocycles. The number of hydrogen-bond donors (Lipinski definition) is 0. The van der Waals surface area contributed by atoms with Crippen LogP contribution in [-0.4, -0.2) is 48.6 Å². The normalized spacial score (nSPS) is 18.1. The van der Waals surface area contributed by atoms with Crippen LogP contribution in [0.25, 0.3) is 0 Å². The number of alkyl halides is 3. The summed E-state index contributed by atoms with van der Waals surface area (Å²) in [7, 11) is 2.08. The lowest BCUT2D eigenvalue weighted by atomic mass is 10.3. The van der Waals surface area contributed by atoms with Crippen LogP contribution in [0.15, 0.2) is 18.3 Å². The minimum Gasteiger partial charge on any atom is -0.355 e. The molecule has 7 heteroatoms. The van der Waals surface area contributed by atoms with Crippen LogP contribution in [0.1, 0.15) is 12.0 Å². The second-order valence-electron chi connectivity index (χ2n) is 4.90. The number of hydrogen-bond acceptors (Lipinski definition) is 4. The molecule has 1 saturated heterocycles. The van der Waals surface area contributed by atoms with Gasteiger partial charge >= 0.3 is 5.51 Å². The summed E-state index contributed by atoms with van der Waals surface area (Å²) in [5.41, 5.74) is -3.52. The predicted molar refractivity (Wildman–Crippen MR) is 75.9 cm³/mol. The van der Waals surface area contributed by atoms with Crippen molar-refractivity contribution in [1.82, 2.24) is 9.88 Å². The highest BCUT2D eigenvalue weighted by Gasteiger charge is 2.28. The molecule has 1 aliphatic rings. The van der Waals surface area contributed by atoms with Crippen molar-refractivity contribution in [2.45, 2.75) is 17.7 Å². The van der Waals surface area contributed by atoms with E-state index < -0.39 is 5.51 Å². The SMILES string of the molecule is CN1CCCN(c2cc(CSC(F)(F)F)ccn2)CC1. The number of aromatic nitrogens is 1. The monoisotopic (exact) mass is 305 g/mol. The molecule has 20 heavy (non-hydrogen) atoms. The number of thioether (sulfide) groups is 1. The van der Waals surface area contributed by atoms with Crippen molar-refractivity contribution in [1.29, 1.82) is 0 Å². The van der Waals surface area contributed by atoms with Crippen LogP contribution >= 0.6 is 11.8 Å². The second-order valence-corrected chi connectivity index (χ2v) is 5.94. The maximum Gasteiger partial charge on any atom is 0.442 e. The zero-order valence-electron chi connectivity index (χ0n) is 11.4. The first kappa shape index (κ1) is 15.4. The smallest absolute Gasteiger partial charge is 0.355 e. The molecule has 3 nitrogen and oxygen atoms in total. The Morgan fingerprint density at radius 2 is 2.05 bits per heavy atom. The summed E-state index contributed by atoms with van der Waals surface area (Å²) in [5, 5.41) is 0. The first-order valence-electron chi connectivity index (χ1n) is 6.53. The summed E-state index contributed by atoms with van der Waals surface area (Å²) >= 11 is -0.00799. The standard InChI is InChI=1S/C13H18F3N3S/c1-18-5-2-6-19(8-7-18)12-9-11(3-4-17-12)10-20-13(14,15)16/h3-4,9H,2,5-8,10H2,1H3. The molecular formula is C13H18F3N3S. The lowest BCUT2D eigenvalue weighted by molar-refractivity contribution is -0.0329. The van der Waals surface area contributed by atoms with Crippen molar-refractivity contribution < 1.29 is 13.2 Å². The number of pyridine rings is 1. The van der Waals surface area contributed by atoms with Crippen LogP contribution in [-0.2, 0) is 5.75 Å². The van der Waals surface area contributed by atoms with E-state index in [4.69, 9.17) is 0 Å². The van der Waals surface area contributed by atoms with Gasteiger partial charge in [-0.05, 0) is 49.5 Å². The van der Waals surface area contributed by atoms with Crippen molar-refractivity contribution in [3.05, 3.63) is 23.9 Å². The van der Waals surface area contributed by atoms with Crippen molar-refractivity contribution in [3.8, 4) is 0 Å². The molecule has 0 bridgehead atoms. The Bertz CT molecular complexity index is 439. The summed E-state index contributed by atoms with van der Waals surface area (Å²) in [6, 6.07) is 3.41. The Morgan fingerprint density at radius 3 is 2.80 bits per heavy atom. The van der Waals surface area contributed by atoms with Crippen LogP contribution < -0.4 is 4.90 Å². The number of anilines is 1. The molecule has 112 valence electrons. The van der Waals surface area contributed by atoms with Crippen LogP contribution in [0.4, 0.5) is 19.0 Å². The fraction of sp³-hybridized carbons (Fsp3) is 0.615. The molecule has 0 unspecified atom stereocenters. The average Bonchev–Trinajstić information content (AvgIpc) is 2.61. The fourth-order valence-electron chi connectivity index (χ4n) is 2.16. The number of halogens is 3. The van der Waals surface area contributed by atoms with Crippen molar-refractivity contribution >= 4 is 17.6 Å². The predicted octanol–water partition coefficient (Wildman–Crippen LogP) is 2.98. The highest BCUT2D eigenvalue weighted by molar-refractivity contribution is 7.99. The van der Waals surface area contributed by atoms with E-state index in [-0.39, 0.29) is 17.5 Å². The van der Waals surface area contributed by atoms with Crippen LogP contribution in [0.3, 0.4) is 0 Å². The Hall–Kier alpha value is -0.950. The van der Waals surface area contributed by atoms with Crippen LogP contribution in [0, 0.1) is 0 Å². The largest absolute Gasteiger partial charge is 0.442 e. The zero-order chi connectivity index (χ0) is 14.6. The minimum atomic E-state index is -4.19. The maximum atomic E-state index is 12.2. The van der Waals surface area contributed by atoms with Gasteiger partial charge in [0.05, 0.1) is 0 Å². The van der Waals surface area contributed by atoms with E-state index in [0.29, 0.717) is 5.56 Å². The first-order chi connectivity index (χ1) is 9.44. The lowest BCUT2D eigenvalue weighted by Crippen LogP contribution is -2.29. The molecule has 2 heterocycles.